The van der Waals surface area contributed by atoms with Gasteiger partial charge in [0.2, 0.25) is 5.95 Å². The molecule has 0 atom stereocenters. The van der Waals surface area contributed by atoms with Crippen LogP contribution in [0.3, 0.4) is 0 Å². The average molecular weight is 820 g/mol. The second kappa shape index (κ2) is 13.3. The standard InChI is InChI=1S/C57H33N5O2/c1-3-16-34(17-4-1)36-32-33-46(54-51(36)42-23-10-14-28-48(42)64-54)61-44-25-11-7-20-37(44)39-30-31-40-38-21-8-12-26-45(38)62(53(40)52(39)61)57-59-55(35-18-5-2-6-19-35)58-56(60-57)43-24-15-29-49-50(43)41-22-9-13-27-47(41)63-49/h1-33H. The van der Waals surface area contributed by atoms with E-state index in [0.29, 0.717) is 17.6 Å². The molecule has 298 valence electrons. The third-order valence-electron chi connectivity index (χ3n) is 12.8. The first-order valence-electron chi connectivity index (χ1n) is 21.4. The van der Waals surface area contributed by atoms with E-state index in [1.807, 2.05) is 54.6 Å². The monoisotopic (exact) mass is 819 g/mol. The molecule has 0 amide bonds. The van der Waals surface area contributed by atoms with Crippen molar-refractivity contribution in [3.8, 4) is 45.5 Å². The molecule has 14 rings (SSSR count). The quantitative estimate of drug-likeness (QED) is 0.173. The summed E-state index contributed by atoms with van der Waals surface area (Å²) in [5, 5.41) is 8.54. The maximum absolute atomic E-state index is 6.97. The average Bonchev–Trinajstić information content (AvgIpc) is 4.12. The molecule has 0 aliphatic carbocycles. The van der Waals surface area contributed by atoms with Crippen LogP contribution in [-0.4, -0.2) is 24.1 Å². The zero-order valence-corrected chi connectivity index (χ0v) is 34.1. The van der Waals surface area contributed by atoms with E-state index in [2.05, 4.69) is 155 Å². The Morgan fingerprint density at radius 1 is 0.328 bits per heavy atom. The zero-order valence-electron chi connectivity index (χ0n) is 34.1. The van der Waals surface area contributed by atoms with Crippen LogP contribution in [0.15, 0.2) is 209 Å². The highest BCUT2D eigenvalue weighted by molar-refractivity contribution is 6.25. The second-order valence-corrected chi connectivity index (χ2v) is 16.3. The van der Waals surface area contributed by atoms with Crippen molar-refractivity contribution in [2.45, 2.75) is 0 Å². The van der Waals surface area contributed by atoms with Gasteiger partial charge in [-0.15, -0.1) is 0 Å². The van der Waals surface area contributed by atoms with Gasteiger partial charge in [0.25, 0.3) is 0 Å². The Morgan fingerprint density at radius 2 is 0.875 bits per heavy atom. The predicted molar refractivity (Wildman–Crippen MR) is 259 cm³/mol. The summed E-state index contributed by atoms with van der Waals surface area (Å²) >= 11 is 0. The fraction of sp³-hybridized carbons (Fsp3) is 0. The molecule has 0 fully saturated rings. The highest BCUT2D eigenvalue weighted by atomic mass is 16.3. The minimum absolute atomic E-state index is 0.512. The van der Waals surface area contributed by atoms with Gasteiger partial charge in [-0.1, -0.05) is 164 Å². The molecule has 0 saturated heterocycles. The molecule has 0 bridgehead atoms. The van der Waals surface area contributed by atoms with E-state index < -0.39 is 0 Å². The van der Waals surface area contributed by atoms with Crippen LogP contribution in [0.4, 0.5) is 0 Å². The van der Waals surface area contributed by atoms with Gasteiger partial charge < -0.3 is 13.4 Å². The largest absolute Gasteiger partial charge is 0.456 e. The summed E-state index contributed by atoms with van der Waals surface area (Å²) in [6, 6.07) is 69.5. The van der Waals surface area contributed by atoms with Crippen molar-refractivity contribution >= 4 is 87.5 Å². The number of nitrogens with zero attached hydrogens (tertiary/aromatic N) is 5. The Kier molecular flexibility index (Phi) is 7.27. The fourth-order valence-corrected chi connectivity index (χ4v) is 10.1. The van der Waals surface area contributed by atoms with Crippen molar-refractivity contribution in [3.05, 3.63) is 200 Å². The number of benzene rings is 9. The maximum atomic E-state index is 6.97. The van der Waals surface area contributed by atoms with E-state index in [1.165, 1.54) is 0 Å². The van der Waals surface area contributed by atoms with E-state index in [9.17, 15) is 0 Å². The molecule has 5 heterocycles. The fourth-order valence-electron chi connectivity index (χ4n) is 10.1. The minimum atomic E-state index is 0.512. The van der Waals surface area contributed by atoms with E-state index >= 15 is 0 Å². The highest BCUT2D eigenvalue weighted by Gasteiger charge is 2.26. The highest BCUT2D eigenvalue weighted by Crippen LogP contribution is 2.46. The van der Waals surface area contributed by atoms with E-state index in [4.69, 9.17) is 23.8 Å². The lowest BCUT2D eigenvalue weighted by molar-refractivity contribution is 0.666. The Balaban J connectivity index is 1.14. The lowest BCUT2D eigenvalue weighted by atomic mass is 9.98. The van der Waals surface area contributed by atoms with Crippen molar-refractivity contribution < 1.29 is 8.83 Å². The smallest absolute Gasteiger partial charge is 0.238 e. The molecular weight excluding hydrogens is 787 g/mol. The van der Waals surface area contributed by atoms with Gasteiger partial charge in [0, 0.05) is 54.2 Å². The van der Waals surface area contributed by atoms with Gasteiger partial charge in [-0.25, -0.2) is 4.98 Å². The first-order chi connectivity index (χ1) is 31.8. The van der Waals surface area contributed by atoms with Crippen LogP contribution in [0.2, 0.25) is 0 Å². The lowest BCUT2D eigenvalue weighted by Crippen LogP contribution is -2.07. The number of hydrogen-bond acceptors (Lipinski definition) is 5. The Labute approximate surface area is 364 Å². The van der Waals surface area contributed by atoms with E-state index in [0.717, 1.165) is 115 Å². The Hall–Kier alpha value is -8.81. The van der Waals surface area contributed by atoms with Crippen molar-refractivity contribution in [3.63, 3.8) is 0 Å². The summed E-state index contributed by atoms with van der Waals surface area (Å²) in [7, 11) is 0. The van der Waals surface area contributed by atoms with Crippen LogP contribution in [-0.2, 0) is 0 Å². The van der Waals surface area contributed by atoms with Crippen LogP contribution in [0.1, 0.15) is 0 Å². The molecule has 5 aromatic heterocycles. The van der Waals surface area contributed by atoms with Gasteiger partial charge in [-0.2, -0.15) is 9.97 Å². The lowest BCUT2D eigenvalue weighted by Gasteiger charge is -2.14. The summed E-state index contributed by atoms with van der Waals surface area (Å²) in [6.45, 7) is 0. The zero-order chi connectivity index (χ0) is 41.9. The van der Waals surface area contributed by atoms with Crippen molar-refractivity contribution in [2.24, 2.45) is 0 Å². The number of rotatable bonds is 5. The van der Waals surface area contributed by atoms with Crippen molar-refractivity contribution in [1.82, 2.24) is 24.1 Å². The van der Waals surface area contributed by atoms with Gasteiger partial charge in [0.15, 0.2) is 17.2 Å². The summed E-state index contributed by atoms with van der Waals surface area (Å²) in [5.74, 6) is 1.64. The number of fused-ring (bicyclic) bond motifs is 13. The molecule has 7 nitrogen and oxygen atoms in total. The molecule has 0 unspecified atom stereocenters. The van der Waals surface area contributed by atoms with Gasteiger partial charge in [0.1, 0.15) is 16.7 Å². The third-order valence-corrected chi connectivity index (χ3v) is 12.8. The number of para-hydroxylation sites is 4. The minimum Gasteiger partial charge on any atom is -0.456 e. The first kappa shape index (κ1) is 34.9. The SMILES string of the molecule is c1ccc(-c2nc(-c3cccc4oc5ccccc5c34)nc(-n3c4ccccc4c4ccc5c6ccccc6n(-c6ccc(-c7ccccc7)c7c6oc6ccccc67)c5c43)n2)cc1. The summed E-state index contributed by atoms with van der Waals surface area (Å²) in [4.78, 5) is 16.1. The normalized spacial score (nSPS) is 12.1. The molecule has 7 heteroatoms. The molecular formula is C57H33N5O2. The molecule has 9 aromatic carbocycles. The van der Waals surface area contributed by atoms with Gasteiger partial charge in [-0.05, 0) is 47.5 Å². The number of hydrogen-bond donors (Lipinski definition) is 0. The topological polar surface area (TPSA) is 74.8 Å². The Bertz CT molecular complexity index is 4200. The molecule has 0 radical (unpaired) electrons. The molecule has 0 saturated carbocycles. The van der Waals surface area contributed by atoms with Crippen LogP contribution in [0.25, 0.3) is 133 Å². The summed E-state index contributed by atoms with van der Waals surface area (Å²) in [5.41, 5.74) is 12.3. The molecule has 0 spiro atoms. The third kappa shape index (κ3) is 4.94. The molecule has 64 heavy (non-hydrogen) atoms. The van der Waals surface area contributed by atoms with Gasteiger partial charge >= 0.3 is 0 Å². The van der Waals surface area contributed by atoms with E-state index in [-0.39, 0.29) is 0 Å². The number of furan rings is 2. The molecule has 0 aliphatic heterocycles. The van der Waals surface area contributed by atoms with Crippen molar-refractivity contribution in [2.75, 3.05) is 0 Å². The van der Waals surface area contributed by atoms with Crippen LogP contribution < -0.4 is 0 Å². The second-order valence-electron chi connectivity index (χ2n) is 16.3. The summed E-state index contributed by atoms with van der Waals surface area (Å²) in [6.07, 6.45) is 0. The predicted octanol–water partition coefficient (Wildman–Crippen LogP) is 14.9. The first-order valence-corrected chi connectivity index (χ1v) is 21.4. The van der Waals surface area contributed by atoms with Crippen LogP contribution in [0.5, 0.6) is 0 Å². The summed E-state index contributed by atoms with van der Waals surface area (Å²) < 4.78 is 18.0. The molecule has 0 N–H and O–H groups in total. The van der Waals surface area contributed by atoms with Crippen LogP contribution in [0, 0.1) is 0 Å². The number of aromatic nitrogens is 5. The maximum Gasteiger partial charge on any atom is 0.238 e. The molecule has 14 aromatic rings. The van der Waals surface area contributed by atoms with E-state index in [1.54, 1.807) is 0 Å². The van der Waals surface area contributed by atoms with Gasteiger partial charge in [-0.3, -0.25) is 4.57 Å². The molecule has 0 aliphatic rings. The van der Waals surface area contributed by atoms with Crippen molar-refractivity contribution in [1.29, 1.82) is 0 Å². The van der Waals surface area contributed by atoms with Crippen LogP contribution >= 0.6 is 0 Å². The van der Waals surface area contributed by atoms with Gasteiger partial charge in [0.05, 0.1) is 27.8 Å². The Morgan fingerprint density at radius 3 is 1.59 bits per heavy atom.